The van der Waals surface area contributed by atoms with E-state index in [9.17, 15) is 0 Å². The van der Waals surface area contributed by atoms with E-state index in [0.29, 0.717) is 5.82 Å². The number of aromatic nitrogens is 2. The molecule has 0 atom stereocenters. The molecule has 1 aromatic heterocycles. The van der Waals surface area contributed by atoms with Crippen molar-refractivity contribution >= 4 is 17.6 Å². The molecule has 0 saturated carbocycles. The van der Waals surface area contributed by atoms with Gasteiger partial charge in [-0.25, -0.2) is 9.97 Å². The number of nitrogen functional groups attached to an aromatic ring is 1. The van der Waals surface area contributed by atoms with Crippen molar-refractivity contribution in [1.29, 1.82) is 0 Å². The molecule has 2 aromatic rings. The van der Waals surface area contributed by atoms with Gasteiger partial charge < -0.3 is 5.73 Å². The third-order valence-corrected chi connectivity index (χ3v) is 3.35. The van der Waals surface area contributed by atoms with Crippen LogP contribution in [0.5, 0.6) is 0 Å². The average molecular weight is 245 g/mol. The van der Waals surface area contributed by atoms with Gasteiger partial charge in [-0.05, 0) is 25.5 Å². The summed E-state index contributed by atoms with van der Waals surface area (Å²) in [6.45, 7) is 4.10. The van der Waals surface area contributed by atoms with Crippen LogP contribution in [0.2, 0.25) is 0 Å². The topological polar surface area (TPSA) is 51.8 Å². The van der Waals surface area contributed by atoms with E-state index >= 15 is 0 Å². The van der Waals surface area contributed by atoms with Crippen LogP contribution in [-0.2, 0) is 6.42 Å². The van der Waals surface area contributed by atoms with E-state index in [2.05, 4.69) is 41.2 Å². The molecule has 2 rings (SSSR count). The molecule has 4 heteroatoms. The Bertz CT molecular complexity index is 509. The third-order valence-electron chi connectivity index (χ3n) is 2.43. The van der Waals surface area contributed by atoms with Gasteiger partial charge in [-0.1, -0.05) is 36.4 Å². The van der Waals surface area contributed by atoms with Crippen LogP contribution in [0.4, 0.5) is 5.82 Å². The zero-order chi connectivity index (χ0) is 12.3. The number of hydrogen-bond acceptors (Lipinski definition) is 4. The summed E-state index contributed by atoms with van der Waals surface area (Å²) in [5, 5.41) is 0.889. The van der Waals surface area contributed by atoms with Crippen molar-refractivity contribution < 1.29 is 0 Å². The molecule has 0 aliphatic rings. The largest absolute Gasteiger partial charge is 0.382 e. The lowest BCUT2D eigenvalue weighted by atomic mass is 10.2. The molecule has 0 amide bonds. The molecular weight excluding hydrogens is 230 g/mol. The summed E-state index contributed by atoms with van der Waals surface area (Å²) in [5.41, 5.74) is 7.85. The predicted molar refractivity (Wildman–Crippen MR) is 71.1 cm³/mol. The second-order valence-corrected chi connectivity index (χ2v) is 4.90. The second kappa shape index (κ2) is 5.19. The maximum Gasteiger partial charge on any atom is 0.145 e. The van der Waals surface area contributed by atoms with Crippen molar-refractivity contribution in [2.75, 3.05) is 5.73 Å². The van der Waals surface area contributed by atoms with Gasteiger partial charge in [0.15, 0.2) is 0 Å². The first kappa shape index (κ1) is 11.9. The Kier molecular flexibility index (Phi) is 3.64. The van der Waals surface area contributed by atoms with Crippen molar-refractivity contribution in [2.24, 2.45) is 0 Å². The lowest BCUT2D eigenvalue weighted by molar-refractivity contribution is 0.939. The number of aryl methyl sites for hydroxylation is 2. The summed E-state index contributed by atoms with van der Waals surface area (Å²) >= 11 is 1.61. The average Bonchev–Trinajstić information content (AvgIpc) is 2.34. The first-order chi connectivity index (χ1) is 8.19. The van der Waals surface area contributed by atoms with Crippen molar-refractivity contribution in [3.8, 4) is 0 Å². The monoisotopic (exact) mass is 245 g/mol. The van der Waals surface area contributed by atoms with Crippen LogP contribution in [0.25, 0.3) is 0 Å². The van der Waals surface area contributed by atoms with Gasteiger partial charge in [0.2, 0.25) is 0 Å². The zero-order valence-corrected chi connectivity index (χ0v) is 10.8. The Balaban J connectivity index is 2.21. The molecule has 0 unspecified atom stereocenters. The van der Waals surface area contributed by atoms with Crippen LogP contribution in [-0.4, -0.2) is 9.97 Å². The fourth-order valence-corrected chi connectivity index (χ4v) is 2.23. The number of benzene rings is 1. The van der Waals surface area contributed by atoms with Gasteiger partial charge >= 0.3 is 0 Å². The van der Waals surface area contributed by atoms with Crippen LogP contribution in [0, 0.1) is 6.92 Å². The first-order valence-electron chi connectivity index (χ1n) is 5.55. The van der Waals surface area contributed by atoms with E-state index < -0.39 is 0 Å². The molecule has 1 aromatic carbocycles. The molecule has 0 radical (unpaired) electrons. The summed E-state index contributed by atoms with van der Waals surface area (Å²) in [5.74, 6) is 0.528. The van der Waals surface area contributed by atoms with E-state index in [4.69, 9.17) is 5.73 Å². The number of anilines is 1. The van der Waals surface area contributed by atoms with Gasteiger partial charge in [-0.15, -0.1) is 0 Å². The molecule has 88 valence electrons. The summed E-state index contributed by atoms with van der Waals surface area (Å²) in [6.07, 6.45) is 2.53. The summed E-state index contributed by atoms with van der Waals surface area (Å²) in [7, 11) is 0. The van der Waals surface area contributed by atoms with Crippen molar-refractivity contribution in [3.63, 3.8) is 0 Å². The highest BCUT2D eigenvalue weighted by Crippen LogP contribution is 2.26. The molecular formula is C13H15N3S. The highest BCUT2D eigenvalue weighted by atomic mass is 32.2. The van der Waals surface area contributed by atoms with Gasteiger partial charge in [-0.2, -0.15) is 0 Å². The highest BCUT2D eigenvalue weighted by Gasteiger charge is 2.04. The minimum Gasteiger partial charge on any atom is -0.382 e. The SMILES string of the molecule is CCc1nc(Sc2ccc(C)cc2)cnc1N. The number of nitrogens with two attached hydrogens (primary N) is 1. The Hall–Kier alpha value is -1.55. The molecule has 0 fully saturated rings. The van der Waals surface area contributed by atoms with Crippen LogP contribution in [0.15, 0.2) is 40.4 Å². The molecule has 3 nitrogen and oxygen atoms in total. The first-order valence-corrected chi connectivity index (χ1v) is 6.36. The lowest BCUT2D eigenvalue weighted by Gasteiger charge is -2.05. The lowest BCUT2D eigenvalue weighted by Crippen LogP contribution is -2.00. The predicted octanol–water partition coefficient (Wildman–Crippen LogP) is 3.08. The summed E-state index contributed by atoms with van der Waals surface area (Å²) < 4.78 is 0. The van der Waals surface area contributed by atoms with Crippen LogP contribution < -0.4 is 5.73 Å². The van der Waals surface area contributed by atoms with Crippen LogP contribution >= 0.6 is 11.8 Å². The van der Waals surface area contributed by atoms with Crippen LogP contribution in [0.1, 0.15) is 18.2 Å². The van der Waals surface area contributed by atoms with E-state index in [-0.39, 0.29) is 0 Å². The van der Waals surface area contributed by atoms with Crippen molar-refractivity contribution in [1.82, 2.24) is 9.97 Å². The Morgan fingerprint density at radius 1 is 1.24 bits per heavy atom. The van der Waals surface area contributed by atoms with E-state index in [1.54, 1.807) is 18.0 Å². The van der Waals surface area contributed by atoms with E-state index in [1.807, 2.05) is 6.92 Å². The minimum atomic E-state index is 0.528. The number of hydrogen-bond donors (Lipinski definition) is 1. The molecule has 2 N–H and O–H groups in total. The van der Waals surface area contributed by atoms with E-state index in [0.717, 1.165) is 22.0 Å². The molecule has 17 heavy (non-hydrogen) atoms. The minimum absolute atomic E-state index is 0.528. The quantitative estimate of drug-likeness (QED) is 0.902. The molecule has 0 bridgehead atoms. The standard InChI is InChI=1S/C13H15N3S/c1-3-11-13(14)15-8-12(16-11)17-10-6-4-9(2)5-7-10/h4-8H,3H2,1-2H3,(H2,14,15). The molecule has 1 heterocycles. The molecule has 0 aliphatic carbocycles. The Morgan fingerprint density at radius 2 is 1.94 bits per heavy atom. The smallest absolute Gasteiger partial charge is 0.145 e. The zero-order valence-electron chi connectivity index (χ0n) is 9.97. The fourth-order valence-electron chi connectivity index (χ4n) is 1.45. The van der Waals surface area contributed by atoms with Crippen LogP contribution in [0.3, 0.4) is 0 Å². The summed E-state index contributed by atoms with van der Waals surface area (Å²) in [6, 6.07) is 8.36. The number of nitrogens with zero attached hydrogens (tertiary/aromatic N) is 2. The fraction of sp³-hybridized carbons (Fsp3) is 0.231. The van der Waals surface area contributed by atoms with Gasteiger partial charge in [-0.3, -0.25) is 0 Å². The Morgan fingerprint density at radius 3 is 2.59 bits per heavy atom. The van der Waals surface area contributed by atoms with Gasteiger partial charge in [0.05, 0.1) is 11.9 Å². The van der Waals surface area contributed by atoms with Gasteiger partial charge in [0.1, 0.15) is 10.8 Å². The second-order valence-electron chi connectivity index (χ2n) is 3.81. The molecule has 0 spiro atoms. The normalized spacial score (nSPS) is 10.5. The maximum atomic E-state index is 5.73. The van der Waals surface area contributed by atoms with E-state index in [1.165, 1.54) is 5.56 Å². The number of rotatable bonds is 3. The maximum absolute atomic E-state index is 5.73. The Labute approximate surface area is 105 Å². The highest BCUT2D eigenvalue weighted by molar-refractivity contribution is 7.99. The van der Waals surface area contributed by atoms with Gasteiger partial charge in [0.25, 0.3) is 0 Å². The third kappa shape index (κ3) is 2.97. The van der Waals surface area contributed by atoms with Gasteiger partial charge in [0, 0.05) is 4.90 Å². The summed E-state index contributed by atoms with van der Waals surface area (Å²) in [4.78, 5) is 9.81. The van der Waals surface area contributed by atoms with Crippen molar-refractivity contribution in [2.45, 2.75) is 30.2 Å². The van der Waals surface area contributed by atoms with Crippen molar-refractivity contribution in [3.05, 3.63) is 41.7 Å². The molecule has 0 saturated heterocycles. The molecule has 0 aliphatic heterocycles.